The zero-order valence-corrected chi connectivity index (χ0v) is 30.6. The number of aromatic nitrogens is 1. The van der Waals surface area contributed by atoms with Crippen LogP contribution in [0.2, 0.25) is 0 Å². The molecule has 1 aliphatic heterocycles. The molecule has 0 unspecified atom stereocenters. The molecule has 0 atom stereocenters. The van der Waals surface area contributed by atoms with Crippen LogP contribution >= 0.6 is 11.8 Å². The molecular weight excluding hydrogens is 673 g/mol. The second-order valence-electron chi connectivity index (χ2n) is 12.0. The van der Waals surface area contributed by atoms with E-state index < -0.39 is 23.8 Å². The Morgan fingerprint density at radius 2 is 1.62 bits per heavy atom. The van der Waals surface area contributed by atoms with Crippen LogP contribution in [0.1, 0.15) is 57.0 Å². The highest BCUT2D eigenvalue weighted by atomic mass is 32.2. The van der Waals surface area contributed by atoms with Gasteiger partial charge in [-0.3, -0.25) is 19.3 Å². The van der Waals surface area contributed by atoms with Crippen LogP contribution in [-0.4, -0.2) is 51.2 Å². The molecule has 0 saturated heterocycles. The zero-order valence-electron chi connectivity index (χ0n) is 29.8. The van der Waals surface area contributed by atoms with Crippen molar-refractivity contribution in [3.8, 4) is 5.69 Å². The number of thioether (sulfide) groups is 1. The molecule has 4 aromatic rings. The van der Waals surface area contributed by atoms with E-state index in [0.717, 1.165) is 45.5 Å². The van der Waals surface area contributed by atoms with E-state index >= 15 is 0 Å². The van der Waals surface area contributed by atoms with E-state index in [1.807, 2.05) is 98.1 Å². The molecule has 2 heterocycles. The smallest absolute Gasteiger partial charge is 0.337 e. The van der Waals surface area contributed by atoms with Crippen molar-refractivity contribution in [3.63, 3.8) is 0 Å². The van der Waals surface area contributed by atoms with E-state index in [1.54, 1.807) is 49.4 Å². The van der Waals surface area contributed by atoms with Crippen LogP contribution in [0.15, 0.2) is 132 Å². The maximum atomic E-state index is 14.3. The molecule has 3 aromatic carbocycles. The molecular formula is C42H40N4O5S. The predicted molar refractivity (Wildman–Crippen MR) is 207 cm³/mol. The number of methoxy groups -OCH3 is 1. The summed E-state index contributed by atoms with van der Waals surface area (Å²) >= 11 is 1.01. The van der Waals surface area contributed by atoms with Crippen molar-refractivity contribution in [2.24, 2.45) is 4.99 Å². The lowest BCUT2D eigenvalue weighted by atomic mass is 9.99. The van der Waals surface area contributed by atoms with Gasteiger partial charge in [-0.25, -0.2) is 4.79 Å². The number of carbonyl (C=O) groups excluding carboxylic acids is 4. The van der Waals surface area contributed by atoms with Crippen molar-refractivity contribution in [1.29, 1.82) is 0 Å². The minimum Gasteiger partial charge on any atom is -0.465 e. The Morgan fingerprint density at radius 3 is 2.21 bits per heavy atom. The number of nitrogens with one attached hydrogen (secondary N) is 1. The molecule has 264 valence electrons. The van der Waals surface area contributed by atoms with Crippen molar-refractivity contribution >= 4 is 46.7 Å². The first kappa shape index (κ1) is 37.3. The van der Waals surface area contributed by atoms with E-state index in [9.17, 15) is 19.2 Å². The minimum atomic E-state index is -0.715. The normalized spacial score (nSPS) is 14.3. The molecule has 10 heteroatoms. The fourth-order valence-electron chi connectivity index (χ4n) is 5.95. The number of nitrogens with zero attached hydrogens (tertiary/aromatic N) is 3. The first-order valence-corrected chi connectivity index (χ1v) is 17.6. The van der Waals surface area contributed by atoms with E-state index in [-0.39, 0.29) is 22.4 Å². The maximum absolute atomic E-state index is 14.3. The second-order valence-corrected chi connectivity index (χ2v) is 12.9. The van der Waals surface area contributed by atoms with Crippen molar-refractivity contribution in [3.05, 3.63) is 166 Å². The highest BCUT2D eigenvalue weighted by Crippen LogP contribution is 2.30. The molecule has 1 aromatic heterocycles. The lowest BCUT2D eigenvalue weighted by Crippen LogP contribution is -2.42. The summed E-state index contributed by atoms with van der Waals surface area (Å²) in [7, 11) is 1.33. The summed E-state index contributed by atoms with van der Waals surface area (Å²) in [6.07, 6.45) is 8.22. The minimum absolute atomic E-state index is 0.0841. The van der Waals surface area contributed by atoms with Crippen molar-refractivity contribution in [1.82, 2.24) is 14.8 Å². The third-order valence-electron chi connectivity index (χ3n) is 8.55. The molecule has 0 spiro atoms. The number of carbonyl (C=O) groups is 4. The number of benzene rings is 3. The number of rotatable bonds is 11. The summed E-state index contributed by atoms with van der Waals surface area (Å²) in [5, 5.41) is 3.19. The average Bonchev–Trinajstić information content (AvgIpc) is 3.44. The lowest BCUT2D eigenvalue weighted by Gasteiger charge is -2.28. The molecule has 1 aliphatic rings. The van der Waals surface area contributed by atoms with Gasteiger partial charge >= 0.3 is 5.97 Å². The van der Waals surface area contributed by atoms with Crippen LogP contribution in [-0.2, 0) is 19.1 Å². The van der Waals surface area contributed by atoms with Crippen LogP contribution in [0.3, 0.4) is 0 Å². The number of amidine groups is 1. The number of ether oxygens (including phenoxy) is 1. The third kappa shape index (κ3) is 8.14. The second kappa shape index (κ2) is 16.8. The van der Waals surface area contributed by atoms with E-state index in [0.29, 0.717) is 16.8 Å². The third-order valence-corrected chi connectivity index (χ3v) is 9.49. The molecule has 0 radical (unpaired) electrons. The summed E-state index contributed by atoms with van der Waals surface area (Å²) in [5.41, 5.74) is 6.49. The largest absolute Gasteiger partial charge is 0.465 e. The monoisotopic (exact) mass is 712 g/mol. The van der Waals surface area contributed by atoms with Gasteiger partial charge in [0.25, 0.3) is 11.8 Å². The lowest BCUT2D eigenvalue weighted by molar-refractivity contribution is -0.126. The standard InChI is InChI=1S/C42H40N4O5S/c1-7-9-20-34(8-2)46-40(49)35(24-33-23-28(4)45(29(33)5)36-25-32(41(50)51-6)22-21-27(36)3)39(48)44-42(46)52-26-37(47)43-38(30-16-12-10-13-17-30)31-18-14-11-15-19-31/h7-25,38H,1,26H2,2-6H3,(H,43,47)/b20-9-,34-8+,35-24+. The highest BCUT2D eigenvalue weighted by molar-refractivity contribution is 8.14. The summed E-state index contributed by atoms with van der Waals surface area (Å²) < 4.78 is 6.89. The fourth-order valence-corrected chi connectivity index (χ4v) is 6.76. The number of hydrogen-bond donors (Lipinski definition) is 1. The molecule has 1 N–H and O–H groups in total. The van der Waals surface area contributed by atoms with Gasteiger partial charge in [0.05, 0.1) is 24.5 Å². The Balaban J connectivity index is 1.47. The van der Waals surface area contributed by atoms with Gasteiger partial charge in [-0.15, -0.1) is 0 Å². The van der Waals surface area contributed by atoms with Crippen LogP contribution < -0.4 is 5.32 Å². The van der Waals surface area contributed by atoms with Crippen molar-refractivity contribution < 1.29 is 23.9 Å². The summed E-state index contributed by atoms with van der Waals surface area (Å²) in [5.74, 6) is -2.14. The molecule has 52 heavy (non-hydrogen) atoms. The molecule has 0 fully saturated rings. The number of hydrogen-bond acceptors (Lipinski definition) is 6. The van der Waals surface area contributed by atoms with Gasteiger partial charge in [0.2, 0.25) is 5.91 Å². The Morgan fingerprint density at radius 1 is 0.962 bits per heavy atom. The van der Waals surface area contributed by atoms with Gasteiger partial charge in [0, 0.05) is 22.8 Å². The number of aliphatic imine (C=N–C) groups is 1. The van der Waals surface area contributed by atoms with Crippen LogP contribution in [0, 0.1) is 20.8 Å². The maximum Gasteiger partial charge on any atom is 0.337 e. The van der Waals surface area contributed by atoms with Gasteiger partial charge in [-0.1, -0.05) is 103 Å². The average molecular weight is 713 g/mol. The SMILES string of the molecule is C=C/C=C\C(=C/C)N1C(=O)/C(=C/c2cc(C)n(-c3cc(C(=O)OC)ccc3C)c2C)C(=O)N=C1SCC(=O)NC(c1ccccc1)c1ccccc1. The topological polar surface area (TPSA) is 110 Å². The van der Waals surface area contributed by atoms with Crippen molar-refractivity contribution in [2.45, 2.75) is 33.7 Å². The van der Waals surface area contributed by atoms with Gasteiger partial charge in [0.1, 0.15) is 5.57 Å². The Kier molecular flexibility index (Phi) is 12.0. The molecule has 9 nitrogen and oxygen atoms in total. The van der Waals surface area contributed by atoms with Gasteiger partial charge in [-0.05, 0) is 80.3 Å². The van der Waals surface area contributed by atoms with E-state index in [4.69, 9.17) is 4.74 Å². The molecule has 0 aliphatic carbocycles. The zero-order chi connectivity index (χ0) is 37.4. The Labute approximate surface area is 308 Å². The Bertz CT molecular complexity index is 2110. The first-order chi connectivity index (χ1) is 25.1. The van der Waals surface area contributed by atoms with E-state index in [2.05, 4.69) is 16.9 Å². The number of esters is 1. The van der Waals surface area contributed by atoms with Crippen LogP contribution in [0.25, 0.3) is 11.8 Å². The van der Waals surface area contributed by atoms with Gasteiger partial charge in [-0.2, -0.15) is 4.99 Å². The highest BCUT2D eigenvalue weighted by Gasteiger charge is 2.35. The quantitative estimate of drug-likeness (QED) is 0.0743. The first-order valence-electron chi connectivity index (χ1n) is 16.6. The molecule has 0 bridgehead atoms. The van der Waals surface area contributed by atoms with Gasteiger partial charge in [0.15, 0.2) is 5.17 Å². The molecule has 3 amide bonds. The number of aryl methyl sites for hydroxylation is 2. The van der Waals surface area contributed by atoms with Crippen molar-refractivity contribution in [2.75, 3.05) is 12.9 Å². The summed E-state index contributed by atoms with van der Waals surface area (Å²) in [4.78, 5) is 59.4. The van der Waals surface area contributed by atoms with Gasteiger partial charge < -0.3 is 14.6 Å². The summed E-state index contributed by atoms with van der Waals surface area (Å²) in [6.45, 7) is 11.2. The Hall–Kier alpha value is -6.00. The number of amides is 3. The molecule has 0 saturated carbocycles. The predicted octanol–water partition coefficient (Wildman–Crippen LogP) is 7.58. The van der Waals surface area contributed by atoms with Crippen LogP contribution in [0.4, 0.5) is 0 Å². The summed E-state index contributed by atoms with van der Waals surface area (Å²) in [6, 6.07) is 26.1. The number of allylic oxidation sites excluding steroid dienone is 4. The fraction of sp³-hybridized carbons (Fsp3) is 0.167. The van der Waals surface area contributed by atoms with Crippen LogP contribution in [0.5, 0.6) is 0 Å². The van der Waals surface area contributed by atoms with E-state index in [1.165, 1.54) is 12.0 Å². The molecule has 5 rings (SSSR count).